The Morgan fingerprint density at radius 3 is 2.32 bits per heavy atom. The number of nitrogens with one attached hydrogen (secondary N) is 1. The van der Waals surface area contributed by atoms with Gasteiger partial charge in [-0.15, -0.1) is 0 Å². The Labute approximate surface area is 111 Å². The van der Waals surface area contributed by atoms with E-state index in [2.05, 4.69) is 5.32 Å². The van der Waals surface area contributed by atoms with Crippen molar-refractivity contribution in [3.05, 3.63) is 34.4 Å². The van der Waals surface area contributed by atoms with E-state index in [1.807, 2.05) is 0 Å². The summed E-state index contributed by atoms with van der Waals surface area (Å²) in [5.74, 6) is 0. The Hall–Kier alpha value is -1.51. The molecule has 1 aliphatic rings. The van der Waals surface area contributed by atoms with E-state index in [1.165, 1.54) is 28.6 Å². The maximum atomic E-state index is 12.4. The van der Waals surface area contributed by atoms with Crippen LogP contribution in [0.25, 0.3) is 0 Å². The molecule has 1 fully saturated rings. The van der Waals surface area contributed by atoms with Crippen LogP contribution in [-0.2, 0) is 10.0 Å². The van der Waals surface area contributed by atoms with Gasteiger partial charge in [-0.25, -0.2) is 8.42 Å². The van der Waals surface area contributed by atoms with Crippen molar-refractivity contribution < 1.29 is 13.3 Å². The number of hydrogen-bond acceptors (Lipinski definition) is 5. The highest BCUT2D eigenvalue weighted by Crippen LogP contribution is 2.22. The third-order valence-corrected chi connectivity index (χ3v) is 5.17. The maximum Gasteiger partial charge on any atom is 0.269 e. The topological polar surface area (TPSA) is 92.6 Å². The number of non-ortho nitro benzene ring substituents is 1. The van der Waals surface area contributed by atoms with Crippen LogP contribution in [0.5, 0.6) is 0 Å². The van der Waals surface area contributed by atoms with Crippen LogP contribution in [0, 0.1) is 10.1 Å². The van der Waals surface area contributed by atoms with Crippen LogP contribution < -0.4 is 5.32 Å². The monoisotopic (exact) mass is 285 g/mol. The minimum atomic E-state index is -3.58. The van der Waals surface area contributed by atoms with E-state index in [0.717, 1.165) is 0 Å². The lowest BCUT2D eigenvalue weighted by atomic mass is 10.2. The molecule has 2 rings (SSSR count). The summed E-state index contributed by atoms with van der Waals surface area (Å²) in [6, 6.07) is 4.94. The Morgan fingerprint density at radius 1 is 1.37 bits per heavy atom. The number of nitro groups is 1. The van der Waals surface area contributed by atoms with E-state index in [-0.39, 0.29) is 16.6 Å². The first-order valence-electron chi connectivity index (χ1n) is 5.94. The molecule has 0 aromatic heterocycles. The minimum Gasteiger partial charge on any atom is -0.313 e. The van der Waals surface area contributed by atoms with Gasteiger partial charge in [0.05, 0.1) is 9.82 Å². The van der Waals surface area contributed by atoms with Gasteiger partial charge < -0.3 is 5.32 Å². The Kier molecular flexibility index (Phi) is 3.83. The smallest absolute Gasteiger partial charge is 0.269 e. The molecule has 1 saturated heterocycles. The molecular formula is C11H15N3O4S. The zero-order chi connectivity index (χ0) is 14.0. The van der Waals surface area contributed by atoms with Crippen molar-refractivity contribution in [1.29, 1.82) is 0 Å². The number of benzene rings is 1. The number of rotatable bonds is 5. The second-order valence-electron chi connectivity index (χ2n) is 4.27. The number of likely N-dealkylation sites (N-methyl/N-ethyl adjacent to an activating group) is 1. The summed E-state index contributed by atoms with van der Waals surface area (Å²) in [6.45, 7) is 3.44. The number of nitro benzene ring substituents is 1. The molecule has 7 nitrogen and oxygen atoms in total. The SMILES string of the molecule is CCN(C1CNC1)S(=O)(=O)c1ccc([N+](=O)[O-])cc1. The van der Waals surface area contributed by atoms with Crippen LogP contribution in [0.4, 0.5) is 5.69 Å². The summed E-state index contributed by atoms with van der Waals surface area (Å²) in [4.78, 5) is 10.1. The lowest BCUT2D eigenvalue weighted by molar-refractivity contribution is -0.384. The summed E-state index contributed by atoms with van der Waals surface area (Å²) in [5, 5.41) is 13.6. The highest BCUT2D eigenvalue weighted by Gasteiger charge is 2.33. The van der Waals surface area contributed by atoms with Crippen LogP contribution in [-0.4, -0.2) is 43.3 Å². The van der Waals surface area contributed by atoms with Crippen molar-refractivity contribution >= 4 is 15.7 Å². The van der Waals surface area contributed by atoms with Crippen LogP contribution >= 0.6 is 0 Å². The van der Waals surface area contributed by atoms with Gasteiger partial charge in [0.25, 0.3) is 5.69 Å². The molecule has 1 aliphatic heterocycles. The van der Waals surface area contributed by atoms with E-state index < -0.39 is 14.9 Å². The fraction of sp³-hybridized carbons (Fsp3) is 0.455. The molecule has 0 saturated carbocycles. The molecular weight excluding hydrogens is 270 g/mol. The lowest BCUT2D eigenvalue weighted by Crippen LogP contribution is -2.58. The predicted molar refractivity (Wildman–Crippen MR) is 69.3 cm³/mol. The van der Waals surface area contributed by atoms with E-state index in [4.69, 9.17) is 0 Å². The normalized spacial score (nSPS) is 16.3. The first kappa shape index (κ1) is 13.9. The van der Waals surface area contributed by atoms with Crippen LogP contribution in [0.1, 0.15) is 6.92 Å². The molecule has 1 N–H and O–H groups in total. The molecule has 1 aromatic rings. The third kappa shape index (κ3) is 2.60. The van der Waals surface area contributed by atoms with Crippen molar-refractivity contribution in [3.63, 3.8) is 0 Å². The van der Waals surface area contributed by atoms with Gasteiger partial charge in [-0.1, -0.05) is 6.92 Å². The fourth-order valence-electron chi connectivity index (χ4n) is 1.98. The van der Waals surface area contributed by atoms with E-state index in [1.54, 1.807) is 6.92 Å². The molecule has 1 aromatic carbocycles. The molecule has 19 heavy (non-hydrogen) atoms. The van der Waals surface area contributed by atoms with Gasteiger partial charge in [-0.3, -0.25) is 10.1 Å². The van der Waals surface area contributed by atoms with Gasteiger partial charge in [0.2, 0.25) is 10.0 Å². The molecule has 0 spiro atoms. The molecule has 8 heteroatoms. The summed E-state index contributed by atoms with van der Waals surface area (Å²) in [6.07, 6.45) is 0. The summed E-state index contributed by atoms with van der Waals surface area (Å²) in [5.41, 5.74) is -0.118. The van der Waals surface area contributed by atoms with Crippen molar-refractivity contribution in [2.75, 3.05) is 19.6 Å². The van der Waals surface area contributed by atoms with Crippen molar-refractivity contribution in [2.24, 2.45) is 0 Å². The molecule has 104 valence electrons. The van der Waals surface area contributed by atoms with Crippen molar-refractivity contribution in [3.8, 4) is 0 Å². The summed E-state index contributed by atoms with van der Waals surface area (Å²) < 4.78 is 26.2. The summed E-state index contributed by atoms with van der Waals surface area (Å²) >= 11 is 0. The minimum absolute atomic E-state index is 0.0369. The van der Waals surface area contributed by atoms with Crippen LogP contribution in [0.2, 0.25) is 0 Å². The van der Waals surface area contributed by atoms with Gasteiger partial charge >= 0.3 is 0 Å². The second kappa shape index (κ2) is 5.24. The Bertz CT molecular complexity index is 566. The predicted octanol–water partition coefficient (Wildman–Crippen LogP) is 0.577. The maximum absolute atomic E-state index is 12.4. The zero-order valence-corrected chi connectivity index (χ0v) is 11.3. The highest BCUT2D eigenvalue weighted by molar-refractivity contribution is 7.89. The Morgan fingerprint density at radius 2 is 1.95 bits per heavy atom. The van der Waals surface area contributed by atoms with Gasteiger partial charge in [-0.2, -0.15) is 4.31 Å². The van der Waals surface area contributed by atoms with Gasteiger partial charge in [0, 0.05) is 37.8 Å². The van der Waals surface area contributed by atoms with Gasteiger partial charge in [0.1, 0.15) is 0 Å². The molecule has 0 aliphatic carbocycles. The Balaban J connectivity index is 2.29. The van der Waals surface area contributed by atoms with Crippen molar-refractivity contribution in [1.82, 2.24) is 9.62 Å². The van der Waals surface area contributed by atoms with E-state index in [0.29, 0.717) is 19.6 Å². The summed E-state index contributed by atoms with van der Waals surface area (Å²) in [7, 11) is -3.58. The van der Waals surface area contributed by atoms with Crippen LogP contribution in [0.15, 0.2) is 29.2 Å². The highest BCUT2D eigenvalue weighted by atomic mass is 32.2. The zero-order valence-electron chi connectivity index (χ0n) is 10.4. The van der Waals surface area contributed by atoms with Gasteiger partial charge in [0.15, 0.2) is 0 Å². The first-order chi connectivity index (χ1) is 8.96. The average Bonchev–Trinajstić information content (AvgIpc) is 2.33. The van der Waals surface area contributed by atoms with E-state index >= 15 is 0 Å². The molecule has 1 heterocycles. The third-order valence-electron chi connectivity index (χ3n) is 3.13. The lowest BCUT2D eigenvalue weighted by Gasteiger charge is -2.36. The fourth-order valence-corrected chi connectivity index (χ4v) is 3.61. The molecule has 0 atom stereocenters. The largest absolute Gasteiger partial charge is 0.313 e. The average molecular weight is 285 g/mol. The standard InChI is InChI=1S/C11H15N3O4S/c1-2-13(10-7-12-8-10)19(17,18)11-5-3-9(4-6-11)14(15)16/h3-6,10,12H,2,7-8H2,1H3. The quantitative estimate of drug-likeness (QED) is 0.631. The van der Waals surface area contributed by atoms with Crippen LogP contribution in [0.3, 0.4) is 0 Å². The number of nitrogens with zero attached hydrogens (tertiary/aromatic N) is 2. The van der Waals surface area contributed by atoms with Crippen molar-refractivity contribution in [2.45, 2.75) is 17.9 Å². The first-order valence-corrected chi connectivity index (χ1v) is 7.38. The molecule has 0 radical (unpaired) electrons. The molecule has 0 unspecified atom stereocenters. The molecule has 0 amide bonds. The number of sulfonamides is 1. The second-order valence-corrected chi connectivity index (χ2v) is 6.16. The number of hydrogen-bond donors (Lipinski definition) is 1. The van der Waals surface area contributed by atoms with E-state index in [9.17, 15) is 18.5 Å². The molecule has 0 bridgehead atoms. The van der Waals surface area contributed by atoms with Gasteiger partial charge in [-0.05, 0) is 12.1 Å².